The summed E-state index contributed by atoms with van der Waals surface area (Å²) < 4.78 is 6.01. The molecule has 1 aromatic carbocycles. The van der Waals surface area contributed by atoms with Crippen LogP contribution in [0.3, 0.4) is 0 Å². The summed E-state index contributed by atoms with van der Waals surface area (Å²) in [5, 5.41) is 8.83. The fraction of sp³-hybridized carbons (Fsp3) is 0.222. The zero-order valence-corrected chi connectivity index (χ0v) is 9.33. The molecule has 0 aliphatic carbocycles. The minimum absolute atomic E-state index is 0.380. The average Bonchev–Trinajstić information content (AvgIpc) is 2.16. The number of hydrogen-bond acceptors (Lipinski definition) is 3. The first-order valence-corrected chi connectivity index (χ1v) is 4.77. The Bertz CT molecular complexity index is 357. The Labute approximate surface area is 90.6 Å². The standard InChI is InChI=1S/C9H9IN2O/c1-13-7-2-6(4-11)8(5-12)9(10)3-7/h2-3H,5,12H2,1H3. The van der Waals surface area contributed by atoms with Gasteiger partial charge in [0.2, 0.25) is 0 Å². The third-order valence-electron chi connectivity index (χ3n) is 1.73. The average molecular weight is 288 g/mol. The van der Waals surface area contributed by atoms with Gasteiger partial charge in [-0.05, 0) is 40.3 Å². The number of halogens is 1. The van der Waals surface area contributed by atoms with Crippen molar-refractivity contribution in [2.45, 2.75) is 6.54 Å². The van der Waals surface area contributed by atoms with Gasteiger partial charge in [0, 0.05) is 10.1 Å². The molecule has 0 unspecified atom stereocenters. The van der Waals surface area contributed by atoms with Gasteiger partial charge in [-0.2, -0.15) is 5.26 Å². The van der Waals surface area contributed by atoms with Crippen molar-refractivity contribution in [3.8, 4) is 11.8 Å². The monoisotopic (exact) mass is 288 g/mol. The molecule has 1 aromatic rings. The Kier molecular flexibility index (Phi) is 3.51. The van der Waals surface area contributed by atoms with E-state index in [-0.39, 0.29) is 0 Å². The second kappa shape index (κ2) is 4.44. The quantitative estimate of drug-likeness (QED) is 0.841. The van der Waals surface area contributed by atoms with Crippen molar-refractivity contribution in [3.63, 3.8) is 0 Å². The summed E-state index contributed by atoms with van der Waals surface area (Å²) >= 11 is 2.15. The summed E-state index contributed by atoms with van der Waals surface area (Å²) in [7, 11) is 1.58. The summed E-state index contributed by atoms with van der Waals surface area (Å²) in [6, 6.07) is 5.66. The summed E-state index contributed by atoms with van der Waals surface area (Å²) in [6.07, 6.45) is 0. The lowest BCUT2D eigenvalue weighted by molar-refractivity contribution is 0.414. The molecule has 0 fully saturated rings. The van der Waals surface area contributed by atoms with Gasteiger partial charge in [-0.15, -0.1) is 0 Å². The molecule has 0 amide bonds. The number of ether oxygens (including phenoxy) is 1. The summed E-state index contributed by atoms with van der Waals surface area (Å²) in [5.74, 6) is 0.693. The van der Waals surface area contributed by atoms with Crippen LogP contribution in [0.1, 0.15) is 11.1 Å². The van der Waals surface area contributed by atoms with Crippen LogP contribution in [0.5, 0.6) is 5.75 Å². The van der Waals surface area contributed by atoms with Crippen molar-refractivity contribution in [3.05, 3.63) is 26.8 Å². The molecular formula is C9H9IN2O. The summed E-state index contributed by atoms with van der Waals surface area (Å²) in [5.41, 5.74) is 6.99. The minimum atomic E-state index is 0.380. The topological polar surface area (TPSA) is 59.0 Å². The number of methoxy groups -OCH3 is 1. The number of benzene rings is 1. The van der Waals surface area contributed by atoms with Crippen LogP contribution in [-0.2, 0) is 6.54 Å². The predicted octanol–water partition coefficient (Wildman–Crippen LogP) is 1.63. The maximum Gasteiger partial charge on any atom is 0.121 e. The number of nitrogens with zero attached hydrogens (tertiary/aromatic N) is 1. The van der Waals surface area contributed by atoms with Crippen molar-refractivity contribution in [2.75, 3.05) is 7.11 Å². The third kappa shape index (κ3) is 2.11. The van der Waals surface area contributed by atoms with Gasteiger partial charge in [0.1, 0.15) is 5.75 Å². The van der Waals surface area contributed by atoms with Gasteiger partial charge in [-0.1, -0.05) is 0 Å². The van der Waals surface area contributed by atoms with Crippen LogP contribution >= 0.6 is 22.6 Å². The molecule has 3 nitrogen and oxygen atoms in total. The molecule has 0 heterocycles. The Morgan fingerprint density at radius 2 is 2.31 bits per heavy atom. The molecule has 0 aliphatic heterocycles. The normalized spacial score (nSPS) is 9.38. The van der Waals surface area contributed by atoms with E-state index in [0.717, 1.165) is 9.13 Å². The van der Waals surface area contributed by atoms with Crippen LogP contribution in [0.2, 0.25) is 0 Å². The van der Waals surface area contributed by atoms with Gasteiger partial charge in [-0.3, -0.25) is 0 Å². The number of rotatable bonds is 2. The van der Waals surface area contributed by atoms with Crippen molar-refractivity contribution >= 4 is 22.6 Å². The molecule has 0 atom stereocenters. The first-order valence-electron chi connectivity index (χ1n) is 3.69. The van der Waals surface area contributed by atoms with Crippen LogP contribution in [0.15, 0.2) is 12.1 Å². The maximum absolute atomic E-state index is 8.83. The van der Waals surface area contributed by atoms with E-state index in [4.69, 9.17) is 15.7 Å². The highest BCUT2D eigenvalue weighted by atomic mass is 127. The van der Waals surface area contributed by atoms with Crippen LogP contribution in [-0.4, -0.2) is 7.11 Å². The second-order valence-corrected chi connectivity index (χ2v) is 3.61. The Balaban J connectivity index is 3.31. The zero-order valence-electron chi connectivity index (χ0n) is 7.17. The third-order valence-corrected chi connectivity index (χ3v) is 2.69. The van der Waals surface area contributed by atoms with Gasteiger partial charge >= 0.3 is 0 Å². The van der Waals surface area contributed by atoms with Crippen LogP contribution in [0.25, 0.3) is 0 Å². The lowest BCUT2D eigenvalue weighted by Crippen LogP contribution is -2.03. The van der Waals surface area contributed by atoms with E-state index in [0.29, 0.717) is 17.9 Å². The van der Waals surface area contributed by atoms with E-state index < -0.39 is 0 Å². The predicted molar refractivity (Wildman–Crippen MR) is 58.3 cm³/mol. The number of nitriles is 1. The number of hydrogen-bond donors (Lipinski definition) is 1. The van der Waals surface area contributed by atoms with Gasteiger partial charge in [0.25, 0.3) is 0 Å². The molecule has 0 saturated heterocycles. The lowest BCUT2D eigenvalue weighted by Gasteiger charge is -2.06. The summed E-state index contributed by atoms with van der Waals surface area (Å²) in [6.45, 7) is 0.380. The molecule has 0 aromatic heterocycles. The fourth-order valence-electron chi connectivity index (χ4n) is 1.04. The molecule has 0 radical (unpaired) electrons. The first-order chi connectivity index (χ1) is 6.22. The van der Waals surface area contributed by atoms with E-state index >= 15 is 0 Å². The van der Waals surface area contributed by atoms with Gasteiger partial charge in [-0.25, -0.2) is 0 Å². The smallest absolute Gasteiger partial charge is 0.121 e. The van der Waals surface area contributed by atoms with Crippen LogP contribution in [0, 0.1) is 14.9 Å². The van der Waals surface area contributed by atoms with E-state index in [9.17, 15) is 0 Å². The van der Waals surface area contributed by atoms with Gasteiger partial charge < -0.3 is 10.5 Å². The largest absolute Gasteiger partial charge is 0.497 e. The molecule has 13 heavy (non-hydrogen) atoms. The zero-order chi connectivity index (χ0) is 9.84. The highest BCUT2D eigenvalue weighted by molar-refractivity contribution is 14.1. The summed E-state index contributed by atoms with van der Waals surface area (Å²) in [4.78, 5) is 0. The lowest BCUT2D eigenvalue weighted by atomic mass is 10.1. The molecule has 68 valence electrons. The fourth-order valence-corrected chi connectivity index (χ4v) is 1.85. The van der Waals surface area contributed by atoms with Gasteiger partial charge in [0.05, 0.1) is 18.7 Å². The molecule has 0 aliphatic rings. The van der Waals surface area contributed by atoms with Crippen molar-refractivity contribution in [1.82, 2.24) is 0 Å². The molecule has 2 N–H and O–H groups in total. The van der Waals surface area contributed by atoms with Crippen molar-refractivity contribution in [2.24, 2.45) is 5.73 Å². The minimum Gasteiger partial charge on any atom is -0.497 e. The van der Waals surface area contributed by atoms with E-state index in [1.165, 1.54) is 0 Å². The Hall–Kier alpha value is -0.800. The van der Waals surface area contributed by atoms with Gasteiger partial charge in [0.15, 0.2) is 0 Å². The molecule has 4 heteroatoms. The van der Waals surface area contributed by atoms with E-state index in [1.54, 1.807) is 13.2 Å². The molecule has 0 spiro atoms. The Morgan fingerprint density at radius 3 is 2.77 bits per heavy atom. The Morgan fingerprint density at radius 1 is 1.62 bits per heavy atom. The van der Waals surface area contributed by atoms with E-state index in [1.807, 2.05) is 6.07 Å². The number of nitrogens with two attached hydrogens (primary N) is 1. The SMILES string of the molecule is COc1cc(I)c(CN)c(C#N)c1. The molecule has 0 bridgehead atoms. The second-order valence-electron chi connectivity index (χ2n) is 2.45. The van der Waals surface area contributed by atoms with Crippen molar-refractivity contribution < 1.29 is 4.74 Å². The highest BCUT2D eigenvalue weighted by Gasteiger charge is 2.07. The van der Waals surface area contributed by atoms with Crippen LogP contribution in [0.4, 0.5) is 0 Å². The molecule has 0 saturated carbocycles. The van der Waals surface area contributed by atoms with Crippen LogP contribution < -0.4 is 10.5 Å². The maximum atomic E-state index is 8.83. The van der Waals surface area contributed by atoms with E-state index in [2.05, 4.69) is 28.7 Å². The molecular weight excluding hydrogens is 279 g/mol. The molecule has 1 rings (SSSR count). The highest BCUT2D eigenvalue weighted by Crippen LogP contribution is 2.23. The first kappa shape index (κ1) is 10.3. The van der Waals surface area contributed by atoms with Crippen molar-refractivity contribution in [1.29, 1.82) is 5.26 Å².